The molecule has 5 rings (SSSR count). The molecule has 0 saturated carbocycles. The normalized spacial score (nSPS) is 17.2. The summed E-state index contributed by atoms with van der Waals surface area (Å²) < 4.78 is 36.4. The maximum atomic E-state index is 11.2. The van der Waals surface area contributed by atoms with E-state index in [1.807, 2.05) is 47.4 Å². The fraction of sp³-hybridized carbons (Fsp3) is 0.310. The summed E-state index contributed by atoms with van der Waals surface area (Å²) in [7, 11) is -3.37. The van der Waals surface area contributed by atoms with Gasteiger partial charge in [-0.2, -0.15) is 0 Å². The Morgan fingerprint density at radius 1 is 1.02 bits per heavy atom. The first kappa shape index (κ1) is 29.7. The van der Waals surface area contributed by atoms with Crippen LogP contribution < -0.4 is 14.2 Å². The lowest BCUT2D eigenvalue weighted by Gasteiger charge is -2.38. The van der Waals surface area contributed by atoms with Gasteiger partial charge < -0.3 is 24.7 Å². The zero-order valence-corrected chi connectivity index (χ0v) is 24.6. The molecule has 0 spiro atoms. The molecular weight excluding hydrogens is 589 g/mol. The van der Waals surface area contributed by atoms with Gasteiger partial charge in [0.05, 0.1) is 25.0 Å². The number of ether oxygens (including phenoxy) is 2. The van der Waals surface area contributed by atoms with E-state index < -0.39 is 22.5 Å². The van der Waals surface area contributed by atoms with Crippen molar-refractivity contribution in [2.75, 3.05) is 26.0 Å². The van der Waals surface area contributed by atoms with E-state index in [1.165, 1.54) is 0 Å². The molecule has 9 nitrogen and oxygen atoms in total. The number of aliphatic hydroxyl groups excluding tert-OH is 2. The number of aliphatic hydroxyl groups is 2. The second-order valence-corrected chi connectivity index (χ2v) is 12.7. The third-order valence-corrected chi connectivity index (χ3v) is 8.14. The minimum absolute atomic E-state index is 0.0723. The molecule has 4 N–H and O–H groups in total. The molecule has 218 valence electrons. The third-order valence-electron chi connectivity index (χ3n) is 6.96. The molecule has 4 aromatic rings. The van der Waals surface area contributed by atoms with E-state index in [9.17, 15) is 18.6 Å². The molecule has 0 bridgehead atoms. The maximum Gasteiger partial charge on any atom is 0.260 e. The van der Waals surface area contributed by atoms with Crippen molar-refractivity contribution in [2.24, 2.45) is 0 Å². The Hall–Kier alpha value is -2.83. The van der Waals surface area contributed by atoms with Gasteiger partial charge >= 0.3 is 0 Å². The Morgan fingerprint density at radius 2 is 1.71 bits per heavy atom. The Kier molecular flexibility index (Phi) is 9.10. The van der Waals surface area contributed by atoms with Crippen LogP contribution in [0, 0.1) is 0 Å². The van der Waals surface area contributed by atoms with Crippen LogP contribution in [0.15, 0.2) is 66.7 Å². The van der Waals surface area contributed by atoms with Crippen molar-refractivity contribution in [3.05, 3.63) is 93.6 Å². The number of hydrogen-bond donors (Lipinski definition) is 4. The summed E-state index contributed by atoms with van der Waals surface area (Å²) in [6, 6.07) is 19.7. The van der Waals surface area contributed by atoms with Crippen LogP contribution in [-0.4, -0.2) is 67.0 Å². The number of hydrogen-bond acceptors (Lipinski definition) is 7. The predicted octanol–water partition coefficient (Wildman–Crippen LogP) is 4.46. The average Bonchev–Trinajstić information content (AvgIpc) is 3.30. The van der Waals surface area contributed by atoms with Crippen LogP contribution in [0.25, 0.3) is 10.9 Å². The van der Waals surface area contributed by atoms with Gasteiger partial charge in [-0.15, -0.1) is 0 Å². The number of halogens is 2. The molecule has 3 unspecified atom stereocenters. The van der Waals surface area contributed by atoms with Gasteiger partial charge in [0.15, 0.2) is 0 Å². The second-order valence-electron chi connectivity index (χ2n) is 9.98. The highest BCUT2D eigenvalue weighted by atomic mass is 35.5. The number of rotatable bonds is 11. The van der Waals surface area contributed by atoms with Crippen LogP contribution in [0.2, 0.25) is 10.0 Å². The van der Waals surface area contributed by atoms with Crippen molar-refractivity contribution in [1.29, 1.82) is 0 Å². The summed E-state index contributed by atoms with van der Waals surface area (Å²) in [4.78, 5) is 5.42. The Balaban J connectivity index is 1.36. The molecule has 3 aromatic carbocycles. The summed E-state index contributed by atoms with van der Waals surface area (Å²) in [5.41, 5.74) is 3.96. The van der Waals surface area contributed by atoms with Gasteiger partial charge in [0.25, 0.3) is 6.41 Å². The fourth-order valence-corrected chi connectivity index (χ4v) is 5.78. The van der Waals surface area contributed by atoms with Crippen molar-refractivity contribution >= 4 is 44.1 Å². The van der Waals surface area contributed by atoms with E-state index in [0.29, 0.717) is 34.5 Å². The molecule has 1 aliphatic rings. The molecule has 0 fully saturated rings. The largest absolute Gasteiger partial charge is 0.493 e. The summed E-state index contributed by atoms with van der Waals surface area (Å²) in [5, 5.41) is 23.5. The standard InChI is InChI=1S/C29H31Cl2N3O6S/c1-41(37,38)32-17-21(35)13-15-39-22-7-2-18(3-8-22)28-27-24(25-16-20(31)6-11-26(25)33-27)12-14-34(28)29(36)40-23-9-4-19(30)5-10-23/h2-11,16,21,28-29,32-33,35-36H,12-15,17H2,1H3. The number of aromatic nitrogens is 1. The highest BCUT2D eigenvalue weighted by molar-refractivity contribution is 7.88. The van der Waals surface area contributed by atoms with Gasteiger partial charge in [-0.25, -0.2) is 18.0 Å². The van der Waals surface area contributed by atoms with Crippen LogP contribution in [-0.2, 0) is 16.4 Å². The number of nitrogens with zero attached hydrogens (tertiary/aromatic N) is 1. The molecule has 1 aromatic heterocycles. The van der Waals surface area contributed by atoms with Crippen molar-refractivity contribution in [3.63, 3.8) is 0 Å². The van der Waals surface area contributed by atoms with E-state index in [2.05, 4.69) is 9.71 Å². The molecule has 41 heavy (non-hydrogen) atoms. The smallest absolute Gasteiger partial charge is 0.260 e. The molecule has 0 radical (unpaired) electrons. The molecule has 2 heterocycles. The average molecular weight is 621 g/mol. The quantitative estimate of drug-likeness (QED) is 0.183. The van der Waals surface area contributed by atoms with Gasteiger partial charge in [0.2, 0.25) is 10.0 Å². The van der Waals surface area contributed by atoms with Gasteiger partial charge in [-0.05, 0) is 72.1 Å². The van der Waals surface area contributed by atoms with E-state index in [-0.39, 0.29) is 25.6 Å². The number of aromatic amines is 1. The summed E-state index contributed by atoms with van der Waals surface area (Å²) in [6.07, 6.45) is -0.110. The van der Waals surface area contributed by atoms with Crippen molar-refractivity contribution in [1.82, 2.24) is 14.6 Å². The molecular formula is C29H31Cl2N3O6S. The molecule has 1 aliphatic heterocycles. The van der Waals surface area contributed by atoms with Gasteiger partial charge in [-0.3, -0.25) is 0 Å². The molecule has 3 atom stereocenters. The first-order chi connectivity index (χ1) is 19.6. The SMILES string of the molecule is CS(=O)(=O)NCC(O)CCOc1ccc(C2c3[nH]c4ccc(Cl)cc4c3CCN2C(O)Oc2ccc(Cl)cc2)cc1. The lowest BCUT2D eigenvalue weighted by molar-refractivity contribution is -0.150. The van der Waals surface area contributed by atoms with E-state index in [4.69, 9.17) is 32.7 Å². The third kappa shape index (κ3) is 7.34. The number of fused-ring (bicyclic) bond motifs is 3. The van der Waals surface area contributed by atoms with Crippen molar-refractivity contribution < 1.29 is 28.1 Å². The zero-order valence-electron chi connectivity index (χ0n) is 22.3. The highest BCUT2D eigenvalue weighted by Crippen LogP contribution is 2.40. The second kappa shape index (κ2) is 12.6. The first-order valence-corrected chi connectivity index (χ1v) is 15.7. The number of benzene rings is 3. The fourth-order valence-electron chi connectivity index (χ4n) is 4.99. The summed E-state index contributed by atoms with van der Waals surface area (Å²) in [6.45, 7) is 0.669. The van der Waals surface area contributed by atoms with Gasteiger partial charge in [0, 0.05) is 46.2 Å². The summed E-state index contributed by atoms with van der Waals surface area (Å²) >= 11 is 12.3. The van der Waals surface area contributed by atoms with Crippen LogP contribution in [0.5, 0.6) is 11.5 Å². The Bertz CT molecular complexity index is 1600. The van der Waals surface area contributed by atoms with E-state index in [1.54, 1.807) is 24.3 Å². The van der Waals surface area contributed by atoms with Gasteiger partial charge in [0.1, 0.15) is 11.5 Å². The van der Waals surface area contributed by atoms with Crippen LogP contribution in [0.3, 0.4) is 0 Å². The van der Waals surface area contributed by atoms with E-state index >= 15 is 0 Å². The minimum atomic E-state index is -3.37. The Labute approximate surface area is 248 Å². The summed E-state index contributed by atoms with van der Waals surface area (Å²) in [5.74, 6) is 1.09. The van der Waals surface area contributed by atoms with Gasteiger partial charge in [-0.1, -0.05) is 35.3 Å². The first-order valence-electron chi connectivity index (χ1n) is 13.1. The Morgan fingerprint density at radius 3 is 2.41 bits per heavy atom. The lowest BCUT2D eigenvalue weighted by Crippen LogP contribution is -2.46. The molecule has 0 amide bonds. The molecule has 0 saturated heterocycles. The van der Waals surface area contributed by atoms with Crippen LogP contribution >= 0.6 is 23.2 Å². The van der Waals surface area contributed by atoms with Crippen LogP contribution in [0.1, 0.15) is 29.3 Å². The van der Waals surface area contributed by atoms with Crippen molar-refractivity contribution in [2.45, 2.75) is 31.4 Å². The van der Waals surface area contributed by atoms with E-state index in [0.717, 1.165) is 34.0 Å². The highest BCUT2D eigenvalue weighted by Gasteiger charge is 2.36. The zero-order chi connectivity index (χ0) is 29.1. The monoisotopic (exact) mass is 619 g/mol. The maximum absolute atomic E-state index is 11.2. The number of H-pyrrole nitrogens is 1. The lowest BCUT2D eigenvalue weighted by atomic mass is 9.92. The van der Waals surface area contributed by atoms with Crippen LogP contribution in [0.4, 0.5) is 0 Å². The predicted molar refractivity (Wildman–Crippen MR) is 159 cm³/mol. The molecule has 12 heteroatoms. The molecule has 0 aliphatic carbocycles. The minimum Gasteiger partial charge on any atom is -0.493 e. The topological polar surface area (TPSA) is 124 Å². The number of sulfonamides is 1. The van der Waals surface area contributed by atoms with Crippen molar-refractivity contribution in [3.8, 4) is 11.5 Å². The number of nitrogens with one attached hydrogen (secondary N) is 2.